The highest BCUT2D eigenvalue weighted by Gasteiger charge is 2.48. The number of ether oxygens (including phenoxy) is 1. The van der Waals surface area contributed by atoms with Crippen LogP contribution in [0.1, 0.15) is 41.0 Å². The summed E-state index contributed by atoms with van der Waals surface area (Å²) in [6.07, 6.45) is 0.474. The van der Waals surface area contributed by atoms with Crippen LogP contribution in [-0.2, 0) is 14.3 Å². The van der Waals surface area contributed by atoms with E-state index in [1.165, 1.54) is 0 Å². The molecule has 0 bridgehead atoms. The number of hydrogen-bond acceptors (Lipinski definition) is 3. The molecule has 1 heterocycles. The Morgan fingerprint density at radius 3 is 2.43 bits per heavy atom. The van der Waals surface area contributed by atoms with Crippen molar-refractivity contribution in [1.82, 2.24) is 0 Å². The summed E-state index contributed by atoms with van der Waals surface area (Å²) in [5, 5.41) is 1.84. The molecule has 1 aliphatic heterocycles. The minimum absolute atomic E-state index is 0.0508. The average molecular weight is 310 g/mol. The zero-order chi connectivity index (χ0) is 16.9. The third kappa shape index (κ3) is 2.26. The van der Waals surface area contributed by atoms with Gasteiger partial charge in [0.25, 0.3) is 0 Å². The van der Waals surface area contributed by atoms with Crippen molar-refractivity contribution < 1.29 is 14.3 Å². The summed E-state index contributed by atoms with van der Waals surface area (Å²) in [6, 6.07) is 7.78. The van der Waals surface area contributed by atoms with Crippen LogP contribution in [0, 0.1) is 5.41 Å². The highest BCUT2D eigenvalue weighted by molar-refractivity contribution is 6.58. The first kappa shape index (κ1) is 15.7. The molecular weight excluding hydrogens is 288 g/mol. The molecule has 0 N–H and O–H groups in total. The molecule has 1 aliphatic carbocycles. The molecule has 23 heavy (non-hydrogen) atoms. The number of ketones is 2. The molecule has 1 atom stereocenters. The topological polar surface area (TPSA) is 43.4 Å². The van der Waals surface area contributed by atoms with Crippen LogP contribution in [0.25, 0.3) is 11.1 Å². The Balaban J connectivity index is 2.44. The summed E-state index contributed by atoms with van der Waals surface area (Å²) in [7, 11) is 0. The quantitative estimate of drug-likeness (QED) is 0.691. The van der Waals surface area contributed by atoms with Crippen molar-refractivity contribution in [2.45, 2.75) is 47.1 Å². The van der Waals surface area contributed by atoms with Crippen LogP contribution in [0.2, 0.25) is 0 Å². The van der Waals surface area contributed by atoms with E-state index in [4.69, 9.17) is 4.74 Å². The third-order valence-electron chi connectivity index (χ3n) is 4.72. The molecule has 3 rings (SSSR count). The predicted molar refractivity (Wildman–Crippen MR) is 89.8 cm³/mol. The molecule has 1 aromatic rings. The van der Waals surface area contributed by atoms with Crippen molar-refractivity contribution in [3.63, 3.8) is 0 Å². The molecule has 1 aromatic carbocycles. The molecule has 0 saturated carbocycles. The molecule has 1 unspecified atom stereocenters. The molecule has 0 spiro atoms. The summed E-state index contributed by atoms with van der Waals surface area (Å²) in [4.78, 5) is 25.5. The van der Waals surface area contributed by atoms with Crippen LogP contribution in [0.5, 0.6) is 0 Å². The summed E-state index contributed by atoms with van der Waals surface area (Å²) >= 11 is 0. The Morgan fingerprint density at radius 2 is 1.78 bits per heavy atom. The molecule has 0 radical (unpaired) electrons. The number of carbonyl (C=O) groups excluding carboxylic acids is 2. The standard InChI is InChI=1S/C20H22O3/c1-11(2)13-8-6-7-9-14(13)16-18(22)17(21)15-10-12(3)23-19(15)20(16,4)5/h6-9,12H,10H2,1-5H3/b16-14-. The van der Waals surface area contributed by atoms with E-state index in [1.54, 1.807) is 0 Å². The molecule has 0 amide bonds. The average Bonchev–Trinajstić information content (AvgIpc) is 2.88. The summed E-state index contributed by atoms with van der Waals surface area (Å²) in [6.45, 7) is 9.91. The van der Waals surface area contributed by atoms with Crippen molar-refractivity contribution in [2.24, 2.45) is 5.41 Å². The van der Waals surface area contributed by atoms with Crippen LogP contribution >= 0.6 is 0 Å². The lowest BCUT2D eigenvalue weighted by Gasteiger charge is -2.32. The molecule has 3 heteroatoms. The van der Waals surface area contributed by atoms with Gasteiger partial charge in [-0.1, -0.05) is 29.8 Å². The van der Waals surface area contributed by atoms with Crippen molar-refractivity contribution in [3.05, 3.63) is 46.0 Å². The maximum atomic E-state index is 12.9. The summed E-state index contributed by atoms with van der Waals surface area (Å²) in [5.74, 6) is -0.115. The van der Waals surface area contributed by atoms with Gasteiger partial charge in [0.1, 0.15) is 5.76 Å². The van der Waals surface area contributed by atoms with E-state index in [-0.39, 0.29) is 11.9 Å². The summed E-state index contributed by atoms with van der Waals surface area (Å²) in [5.41, 5.74) is 1.62. The van der Waals surface area contributed by atoms with E-state index >= 15 is 0 Å². The van der Waals surface area contributed by atoms with E-state index in [1.807, 2.05) is 58.9 Å². The molecular formula is C20H22O3. The highest BCUT2D eigenvalue weighted by atomic mass is 16.5. The number of hydrogen-bond donors (Lipinski definition) is 0. The van der Waals surface area contributed by atoms with Crippen LogP contribution in [0.15, 0.2) is 35.6 Å². The highest BCUT2D eigenvalue weighted by Crippen LogP contribution is 2.47. The van der Waals surface area contributed by atoms with Gasteiger partial charge in [0, 0.05) is 17.6 Å². The van der Waals surface area contributed by atoms with Gasteiger partial charge in [0.15, 0.2) is 0 Å². The van der Waals surface area contributed by atoms with Crippen molar-refractivity contribution in [2.75, 3.05) is 0 Å². The van der Waals surface area contributed by atoms with Crippen LogP contribution in [0.4, 0.5) is 0 Å². The van der Waals surface area contributed by atoms with Gasteiger partial charge in [0.05, 0.1) is 11.5 Å². The van der Waals surface area contributed by atoms with Gasteiger partial charge in [-0.3, -0.25) is 9.59 Å². The number of rotatable bonds is 0. The van der Waals surface area contributed by atoms with E-state index in [0.717, 1.165) is 16.0 Å². The fourth-order valence-electron chi connectivity index (χ4n) is 3.66. The van der Waals surface area contributed by atoms with E-state index < -0.39 is 11.2 Å². The van der Waals surface area contributed by atoms with Gasteiger partial charge in [-0.2, -0.15) is 0 Å². The van der Waals surface area contributed by atoms with E-state index in [2.05, 4.69) is 0 Å². The first-order chi connectivity index (χ1) is 10.7. The second-order valence-corrected chi connectivity index (χ2v) is 7.14. The van der Waals surface area contributed by atoms with E-state index in [9.17, 15) is 9.59 Å². The van der Waals surface area contributed by atoms with Gasteiger partial charge in [0.2, 0.25) is 11.6 Å². The zero-order valence-corrected chi connectivity index (χ0v) is 14.3. The first-order valence-electron chi connectivity index (χ1n) is 8.01. The number of carbonyl (C=O) groups is 2. The predicted octanol–water partition coefficient (Wildman–Crippen LogP) is 2.27. The fourth-order valence-corrected chi connectivity index (χ4v) is 3.66. The smallest absolute Gasteiger partial charge is 0.232 e. The van der Waals surface area contributed by atoms with Gasteiger partial charge in [-0.15, -0.1) is 0 Å². The van der Waals surface area contributed by atoms with Gasteiger partial charge in [-0.25, -0.2) is 0 Å². The monoisotopic (exact) mass is 310 g/mol. The maximum absolute atomic E-state index is 12.9. The Hall–Kier alpha value is -2.16. The lowest BCUT2D eigenvalue weighted by molar-refractivity contribution is -0.132. The minimum Gasteiger partial charge on any atom is -0.493 e. The number of Topliss-reactive ketones (excluding diaryl/α,β-unsaturated/α-hetero) is 2. The third-order valence-corrected chi connectivity index (χ3v) is 4.72. The zero-order valence-electron chi connectivity index (χ0n) is 14.3. The maximum Gasteiger partial charge on any atom is 0.232 e. The van der Waals surface area contributed by atoms with Gasteiger partial charge < -0.3 is 4.74 Å². The normalized spacial score (nSPS) is 25.3. The van der Waals surface area contributed by atoms with Crippen LogP contribution in [-0.4, -0.2) is 17.7 Å². The molecule has 3 nitrogen and oxygen atoms in total. The first-order valence-corrected chi connectivity index (χ1v) is 8.01. The van der Waals surface area contributed by atoms with E-state index in [0.29, 0.717) is 23.3 Å². The lowest BCUT2D eigenvalue weighted by Crippen LogP contribution is -2.42. The van der Waals surface area contributed by atoms with Crippen LogP contribution < -0.4 is 10.4 Å². The SMILES string of the molecule is CC(C)=c1cccc/c1=C1\C(=O)C(=O)C2=C(OC(C)C2)C1(C)C. The fraction of sp³-hybridized carbons (Fsp3) is 0.400. The Bertz CT molecular complexity index is 864. The van der Waals surface area contributed by atoms with Crippen molar-refractivity contribution in [3.8, 4) is 0 Å². The number of allylic oxidation sites excluding steroid dienone is 1. The Labute approximate surface area is 136 Å². The molecule has 0 fully saturated rings. The minimum atomic E-state index is -0.601. The summed E-state index contributed by atoms with van der Waals surface area (Å²) < 4.78 is 5.93. The molecule has 0 saturated heterocycles. The van der Waals surface area contributed by atoms with Gasteiger partial charge >= 0.3 is 0 Å². The molecule has 120 valence electrons. The van der Waals surface area contributed by atoms with Crippen molar-refractivity contribution in [1.29, 1.82) is 0 Å². The Morgan fingerprint density at radius 1 is 1.13 bits per heavy atom. The molecule has 2 aliphatic rings. The second-order valence-electron chi connectivity index (χ2n) is 7.14. The largest absolute Gasteiger partial charge is 0.493 e. The number of benzene rings is 1. The van der Waals surface area contributed by atoms with Crippen LogP contribution in [0.3, 0.4) is 0 Å². The van der Waals surface area contributed by atoms with Crippen molar-refractivity contribution >= 4 is 22.7 Å². The van der Waals surface area contributed by atoms with Gasteiger partial charge in [-0.05, 0) is 45.1 Å². The second kappa shape index (κ2) is 5.19. The Kier molecular flexibility index (Phi) is 3.55. The molecule has 0 aromatic heterocycles. The lowest BCUT2D eigenvalue weighted by atomic mass is 9.71.